The number of carbonyl (C=O) groups excluding carboxylic acids is 1. The van der Waals surface area contributed by atoms with Crippen LogP contribution in [0.2, 0.25) is 0 Å². The van der Waals surface area contributed by atoms with E-state index in [0.717, 1.165) is 18.2 Å². The van der Waals surface area contributed by atoms with Crippen molar-refractivity contribution >= 4 is 22.9 Å². The van der Waals surface area contributed by atoms with E-state index in [4.69, 9.17) is 0 Å². The number of aliphatic hydroxyl groups is 1. The van der Waals surface area contributed by atoms with Crippen molar-refractivity contribution in [2.24, 2.45) is 0 Å². The molecule has 0 aliphatic heterocycles. The summed E-state index contributed by atoms with van der Waals surface area (Å²) >= 11 is 0. The molecule has 5 nitrogen and oxygen atoms in total. The molecule has 0 aliphatic carbocycles. The minimum absolute atomic E-state index is 0.0571. The molecule has 154 valence electrons. The number of fused-ring (bicyclic) bond motifs is 1. The maximum atomic E-state index is 14.1. The van der Waals surface area contributed by atoms with Crippen LogP contribution in [-0.2, 0) is 11.0 Å². The van der Waals surface area contributed by atoms with Crippen LogP contribution < -0.4 is 5.32 Å². The molecular weight excluding hydrogens is 390 g/mol. The van der Waals surface area contributed by atoms with Crippen LogP contribution >= 0.6 is 0 Å². The van der Waals surface area contributed by atoms with Crippen LogP contribution in [0.1, 0.15) is 31.4 Å². The van der Waals surface area contributed by atoms with Crippen molar-refractivity contribution in [1.29, 1.82) is 0 Å². The number of benzene rings is 2. The lowest BCUT2D eigenvalue weighted by molar-refractivity contribution is -0.137. The molecule has 0 radical (unpaired) electrons. The predicted molar refractivity (Wildman–Crippen MR) is 100 cm³/mol. The summed E-state index contributed by atoms with van der Waals surface area (Å²) in [6.45, 7) is 4.44. The lowest BCUT2D eigenvalue weighted by Crippen LogP contribution is -2.28. The van der Waals surface area contributed by atoms with Gasteiger partial charge < -0.3 is 5.11 Å². The third-order valence-electron chi connectivity index (χ3n) is 4.24. The first kappa shape index (κ1) is 20.8. The number of nitrogens with one attached hydrogen (secondary N) is 1. The van der Waals surface area contributed by atoms with Crippen molar-refractivity contribution in [1.82, 2.24) is 9.55 Å². The number of nitrogens with zero attached hydrogens (tertiary/aromatic N) is 2. The highest BCUT2D eigenvalue weighted by Gasteiger charge is 2.31. The van der Waals surface area contributed by atoms with E-state index in [0.29, 0.717) is 5.56 Å². The zero-order chi connectivity index (χ0) is 21.6. The SMILES string of the molecule is Cc1ccc(-n2c(NC(=O)CC(C)(C)O)nc3ccc(C(F)(F)F)cc32)cc1F. The fourth-order valence-electron chi connectivity index (χ4n) is 2.88. The second-order valence-electron chi connectivity index (χ2n) is 7.44. The summed E-state index contributed by atoms with van der Waals surface area (Å²) in [4.78, 5) is 16.5. The minimum Gasteiger partial charge on any atom is -0.390 e. The number of aryl methyl sites for hydroxylation is 1. The van der Waals surface area contributed by atoms with E-state index in [1.54, 1.807) is 6.92 Å². The lowest BCUT2D eigenvalue weighted by atomic mass is 10.1. The number of halogens is 4. The molecule has 1 amide bonds. The summed E-state index contributed by atoms with van der Waals surface area (Å²) in [6, 6.07) is 7.12. The third-order valence-corrected chi connectivity index (χ3v) is 4.24. The number of anilines is 1. The Labute approximate surface area is 164 Å². The normalized spacial score (nSPS) is 12.4. The molecule has 1 heterocycles. The number of rotatable bonds is 4. The van der Waals surface area contributed by atoms with Crippen molar-refractivity contribution in [2.45, 2.75) is 39.0 Å². The van der Waals surface area contributed by atoms with Gasteiger partial charge in [-0.05, 0) is 56.7 Å². The van der Waals surface area contributed by atoms with Crippen molar-refractivity contribution in [2.75, 3.05) is 5.32 Å². The maximum absolute atomic E-state index is 14.1. The van der Waals surface area contributed by atoms with Crippen molar-refractivity contribution in [3.8, 4) is 5.69 Å². The molecule has 0 bridgehead atoms. The molecule has 29 heavy (non-hydrogen) atoms. The number of hydrogen-bond acceptors (Lipinski definition) is 3. The summed E-state index contributed by atoms with van der Waals surface area (Å²) in [5.74, 6) is -1.21. The molecular formula is C20H19F4N3O2. The lowest BCUT2D eigenvalue weighted by Gasteiger charge is -2.17. The minimum atomic E-state index is -4.58. The number of imidazole rings is 1. The summed E-state index contributed by atoms with van der Waals surface area (Å²) < 4.78 is 54.9. The molecule has 0 saturated heterocycles. The summed E-state index contributed by atoms with van der Waals surface area (Å²) in [5.41, 5.74) is -1.37. The Bertz CT molecular complexity index is 1080. The largest absolute Gasteiger partial charge is 0.416 e. The highest BCUT2D eigenvalue weighted by Crippen LogP contribution is 2.34. The van der Waals surface area contributed by atoms with E-state index in [9.17, 15) is 27.5 Å². The molecule has 3 aromatic rings. The Balaban J connectivity index is 2.19. The van der Waals surface area contributed by atoms with Crippen molar-refractivity contribution in [3.63, 3.8) is 0 Å². The van der Waals surface area contributed by atoms with Crippen LogP contribution in [0.4, 0.5) is 23.5 Å². The number of aromatic nitrogens is 2. The molecule has 3 rings (SSSR count). The van der Waals surface area contributed by atoms with Crippen molar-refractivity contribution < 1.29 is 27.5 Å². The van der Waals surface area contributed by atoms with Crippen LogP contribution in [0.15, 0.2) is 36.4 Å². The highest BCUT2D eigenvalue weighted by atomic mass is 19.4. The number of hydrogen-bond donors (Lipinski definition) is 2. The van der Waals surface area contributed by atoms with E-state index >= 15 is 0 Å². The molecule has 0 atom stereocenters. The van der Waals surface area contributed by atoms with E-state index in [1.165, 1.54) is 36.6 Å². The quantitative estimate of drug-likeness (QED) is 0.620. The Morgan fingerprint density at radius 2 is 1.86 bits per heavy atom. The first-order valence-electron chi connectivity index (χ1n) is 8.73. The van der Waals surface area contributed by atoms with Gasteiger partial charge in [0.1, 0.15) is 5.82 Å². The van der Waals surface area contributed by atoms with Gasteiger partial charge in [-0.15, -0.1) is 0 Å². The first-order chi connectivity index (χ1) is 13.3. The molecule has 0 fully saturated rings. The van der Waals surface area contributed by atoms with Crippen LogP contribution in [-0.4, -0.2) is 26.2 Å². The molecule has 2 N–H and O–H groups in total. The van der Waals surface area contributed by atoms with Gasteiger partial charge in [0.05, 0.1) is 34.3 Å². The summed E-state index contributed by atoms with van der Waals surface area (Å²) in [6.07, 6.45) is -4.83. The average Bonchev–Trinajstić information content (AvgIpc) is 2.91. The van der Waals surface area contributed by atoms with E-state index in [2.05, 4.69) is 10.3 Å². The highest BCUT2D eigenvalue weighted by molar-refractivity contribution is 5.93. The van der Waals surface area contributed by atoms with Gasteiger partial charge in [-0.3, -0.25) is 14.7 Å². The molecule has 0 aliphatic rings. The van der Waals surface area contributed by atoms with E-state index < -0.39 is 29.1 Å². The van der Waals surface area contributed by atoms with Gasteiger partial charge in [-0.2, -0.15) is 13.2 Å². The average molecular weight is 409 g/mol. The van der Waals surface area contributed by atoms with Gasteiger partial charge in [0, 0.05) is 0 Å². The molecule has 0 saturated carbocycles. The van der Waals surface area contributed by atoms with E-state index in [-0.39, 0.29) is 29.1 Å². The Hall–Kier alpha value is -2.94. The number of carbonyl (C=O) groups is 1. The van der Waals surface area contributed by atoms with E-state index in [1.807, 2.05) is 0 Å². The molecule has 1 aromatic heterocycles. The van der Waals surface area contributed by atoms with Gasteiger partial charge >= 0.3 is 6.18 Å². The second-order valence-corrected chi connectivity index (χ2v) is 7.44. The molecule has 2 aromatic carbocycles. The van der Waals surface area contributed by atoms with Gasteiger partial charge in [0.2, 0.25) is 11.9 Å². The Morgan fingerprint density at radius 3 is 2.45 bits per heavy atom. The maximum Gasteiger partial charge on any atom is 0.416 e. The standard InChI is InChI=1S/C20H19F4N3O2/c1-11-4-6-13(9-14(11)21)27-16-8-12(20(22,23)24)5-7-15(16)25-18(27)26-17(28)10-19(2,3)29/h4-9,29H,10H2,1-3H3,(H,25,26,28). The monoisotopic (exact) mass is 409 g/mol. The fraction of sp³-hybridized carbons (Fsp3) is 0.300. The summed E-state index contributed by atoms with van der Waals surface area (Å²) in [7, 11) is 0. The van der Waals surface area contributed by atoms with Crippen LogP contribution in [0.25, 0.3) is 16.7 Å². The smallest absolute Gasteiger partial charge is 0.390 e. The fourth-order valence-corrected chi connectivity index (χ4v) is 2.88. The topological polar surface area (TPSA) is 67.2 Å². The zero-order valence-electron chi connectivity index (χ0n) is 15.9. The second kappa shape index (κ2) is 7.14. The predicted octanol–water partition coefficient (Wildman–Crippen LogP) is 4.59. The van der Waals surface area contributed by atoms with Gasteiger partial charge in [0.15, 0.2) is 0 Å². The first-order valence-corrected chi connectivity index (χ1v) is 8.73. The Morgan fingerprint density at radius 1 is 1.17 bits per heavy atom. The Kier molecular flexibility index (Phi) is 5.12. The number of amides is 1. The van der Waals surface area contributed by atoms with Gasteiger partial charge in [-0.1, -0.05) is 6.07 Å². The third kappa shape index (κ3) is 4.56. The summed E-state index contributed by atoms with van der Waals surface area (Å²) in [5, 5.41) is 12.3. The van der Waals surface area contributed by atoms with Gasteiger partial charge in [0.25, 0.3) is 0 Å². The van der Waals surface area contributed by atoms with Crippen LogP contribution in [0, 0.1) is 12.7 Å². The van der Waals surface area contributed by atoms with Crippen LogP contribution in [0.5, 0.6) is 0 Å². The molecule has 0 spiro atoms. The molecule has 9 heteroatoms. The molecule has 0 unspecified atom stereocenters. The van der Waals surface area contributed by atoms with Crippen LogP contribution in [0.3, 0.4) is 0 Å². The number of alkyl halides is 3. The van der Waals surface area contributed by atoms with Crippen molar-refractivity contribution in [3.05, 3.63) is 53.3 Å². The zero-order valence-corrected chi connectivity index (χ0v) is 15.9. The van der Waals surface area contributed by atoms with Gasteiger partial charge in [-0.25, -0.2) is 9.37 Å².